The normalized spacial score (nSPS) is 9.60. The van der Waals surface area contributed by atoms with Crippen LogP contribution in [0.2, 0.25) is 0 Å². The van der Waals surface area contributed by atoms with E-state index in [0.29, 0.717) is 28.8 Å². The summed E-state index contributed by atoms with van der Waals surface area (Å²) >= 11 is 0. The van der Waals surface area contributed by atoms with Gasteiger partial charge in [-0.1, -0.05) is 0 Å². The largest absolute Gasteiger partial charge is 0.497 e. The van der Waals surface area contributed by atoms with E-state index < -0.39 is 0 Å². The topological polar surface area (TPSA) is 133 Å². The van der Waals surface area contributed by atoms with Crippen LogP contribution in [0.15, 0.2) is 24.5 Å². The molecule has 0 amide bonds. The van der Waals surface area contributed by atoms with Crippen LogP contribution in [0.1, 0.15) is 0 Å². The number of ether oxygens (including phenoxy) is 2. The first kappa shape index (κ1) is 17.6. The highest BCUT2D eigenvalue weighted by atomic mass is 16.5. The minimum atomic E-state index is -0.0172. The predicted octanol–water partition coefficient (Wildman–Crippen LogP) is 1.67. The lowest BCUT2D eigenvalue weighted by molar-refractivity contribution is 0.405. The Hall–Kier alpha value is -3.72. The molecular weight excluding hydrogens is 322 g/mol. The zero-order valence-corrected chi connectivity index (χ0v) is 13.9. The van der Waals surface area contributed by atoms with Crippen molar-refractivity contribution in [1.82, 2.24) is 9.97 Å². The van der Waals surface area contributed by atoms with Crippen LogP contribution in [0.25, 0.3) is 0 Å². The number of nitrogen functional groups attached to an aromatic ring is 1. The van der Waals surface area contributed by atoms with E-state index in [1.165, 1.54) is 11.2 Å². The number of nitrogens with one attached hydrogen (secondary N) is 1. The molecule has 1 aromatic carbocycles. The van der Waals surface area contributed by atoms with E-state index in [4.69, 9.17) is 25.7 Å². The van der Waals surface area contributed by atoms with Crippen molar-refractivity contribution in [1.29, 1.82) is 10.5 Å². The number of rotatable bonds is 7. The highest BCUT2D eigenvalue weighted by molar-refractivity contribution is 5.80. The maximum absolute atomic E-state index is 8.91. The Morgan fingerprint density at radius 2 is 1.88 bits per heavy atom. The average Bonchev–Trinajstić information content (AvgIpc) is 2.63. The molecule has 2 rings (SSSR count). The molecule has 0 aliphatic heterocycles. The lowest BCUT2D eigenvalue weighted by atomic mass is 10.2. The molecule has 0 atom stereocenters. The van der Waals surface area contributed by atoms with Crippen LogP contribution in [-0.4, -0.2) is 37.3 Å². The fourth-order valence-corrected chi connectivity index (χ4v) is 2.15. The molecule has 0 unspecified atom stereocenters. The number of anilines is 4. The Labute approximate surface area is 145 Å². The van der Waals surface area contributed by atoms with Crippen LogP contribution in [-0.2, 0) is 0 Å². The van der Waals surface area contributed by atoms with Crippen molar-refractivity contribution in [3.05, 3.63) is 24.5 Å². The lowest BCUT2D eigenvalue weighted by Crippen LogP contribution is -2.26. The van der Waals surface area contributed by atoms with Gasteiger partial charge in [-0.15, -0.1) is 0 Å². The second-order valence-corrected chi connectivity index (χ2v) is 4.82. The summed E-state index contributed by atoms with van der Waals surface area (Å²) in [7, 11) is 3.10. The van der Waals surface area contributed by atoms with Gasteiger partial charge in [0.2, 0.25) is 0 Å². The van der Waals surface area contributed by atoms with Gasteiger partial charge in [0.25, 0.3) is 0 Å². The Kier molecular flexibility index (Phi) is 5.80. The minimum Gasteiger partial charge on any atom is -0.497 e. The van der Waals surface area contributed by atoms with E-state index in [0.717, 1.165) is 0 Å². The summed E-state index contributed by atoms with van der Waals surface area (Å²) < 4.78 is 10.5. The van der Waals surface area contributed by atoms with Gasteiger partial charge in [0, 0.05) is 6.07 Å². The first-order chi connectivity index (χ1) is 12.1. The maximum atomic E-state index is 8.91. The first-order valence-corrected chi connectivity index (χ1v) is 7.23. The zero-order chi connectivity index (χ0) is 18.2. The van der Waals surface area contributed by atoms with Crippen LogP contribution < -0.4 is 25.4 Å². The summed E-state index contributed by atoms with van der Waals surface area (Å²) in [5, 5.41) is 20.9. The van der Waals surface area contributed by atoms with Gasteiger partial charge in [0.15, 0.2) is 11.6 Å². The van der Waals surface area contributed by atoms with Crippen molar-refractivity contribution in [3.63, 3.8) is 0 Å². The van der Waals surface area contributed by atoms with Crippen LogP contribution >= 0.6 is 0 Å². The van der Waals surface area contributed by atoms with Crippen LogP contribution in [0.5, 0.6) is 11.5 Å². The summed E-state index contributed by atoms with van der Waals surface area (Å²) in [6.45, 7) is -0.0343. The summed E-state index contributed by atoms with van der Waals surface area (Å²) in [4.78, 5) is 9.68. The van der Waals surface area contributed by atoms with E-state index in [1.807, 2.05) is 12.1 Å². The fraction of sp³-hybridized carbons (Fsp3) is 0.250. The summed E-state index contributed by atoms with van der Waals surface area (Å²) in [6.07, 6.45) is 1.31. The van der Waals surface area contributed by atoms with Gasteiger partial charge in [-0.05, 0) is 12.1 Å². The molecule has 0 radical (unpaired) electrons. The van der Waals surface area contributed by atoms with Gasteiger partial charge >= 0.3 is 0 Å². The molecule has 0 fully saturated rings. The quantitative estimate of drug-likeness (QED) is 0.722. The monoisotopic (exact) mass is 339 g/mol. The third kappa shape index (κ3) is 3.98. The van der Waals surface area contributed by atoms with E-state index in [-0.39, 0.29) is 18.8 Å². The Balaban J connectivity index is 2.40. The Morgan fingerprint density at radius 3 is 2.48 bits per heavy atom. The highest BCUT2D eigenvalue weighted by Gasteiger charge is 2.16. The van der Waals surface area contributed by atoms with Gasteiger partial charge in [0.1, 0.15) is 36.6 Å². The molecule has 0 saturated heterocycles. The molecule has 0 bridgehead atoms. The molecule has 25 heavy (non-hydrogen) atoms. The van der Waals surface area contributed by atoms with Gasteiger partial charge < -0.3 is 25.4 Å². The van der Waals surface area contributed by atoms with Crippen molar-refractivity contribution in [2.45, 2.75) is 0 Å². The number of methoxy groups -OCH3 is 2. The third-order valence-electron chi connectivity index (χ3n) is 3.35. The van der Waals surface area contributed by atoms with E-state index in [1.54, 1.807) is 32.4 Å². The fourth-order valence-electron chi connectivity index (χ4n) is 2.15. The molecular formula is C16H17N7O2. The molecule has 9 heteroatoms. The number of nitrogens with zero attached hydrogens (tertiary/aromatic N) is 5. The Morgan fingerprint density at radius 1 is 1.16 bits per heavy atom. The van der Waals surface area contributed by atoms with Crippen molar-refractivity contribution in [2.24, 2.45) is 0 Å². The van der Waals surface area contributed by atoms with Gasteiger partial charge in [-0.2, -0.15) is 10.5 Å². The molecule has 3 N–H and O–H groups in total. The third-order valence-corrected chi connectivity index (χ3v) is 3.35. The minimum absolute atomic E-state index is 0.0172. The number of hydrogen-bond acceptors (Lipinski definition) is 9. The second kappa shape index (κ2) is 8.22. The van der Waals surface area contributed by atoms with Crippen LogP contribution in [0, 0.1) is 22.7 Å². The molecule has 0 saturated carbocycles. The lowest BCUT2D eigenvalue weighted by Gasteiger charge is -2.20. The second-order valence-electron chi connectivity index (χ2n) is 4.82. The Bertz CT molecular complexity index is 810. The predicted molar refractivity (Wildman–Crippen MR) is 92.7 cm³/mol. The number of hydrogen-bond donors (Lipinski definition) is 2. The highest BCUT2D eigenvalue weighted by Crippen LogP contribution is 2.34. The SMILES string of the molecule is COc1ccc(OC)c(Nc2ncnc(N(CC#N)CC#N)c2N)c1. The number of nitriles is 2. The number of nitrogens with two attached hydrogens (primary N) is 1. The zero-order valence-electron chi connectivity index (χ0n) is 13.9. The first-order valence-electron chi connectivity index (χ1n) is 7.23. The van der Waals surface area contributed by atoms with Gasteiger partial charge in [0.05, 0.1) is 32.0 Å². The standard InChI is InChI=1S/C16H17N7O2/c1-24-11-3-4-13(25-2)12(9-11)22-15-14(19)16(21-10-20-15)23(7-5-17)8-6-18/h3-4,9-10H,7-8,19H2,1-2H3,(H,20,21,22). The smallest absolute Gasteiger partial charge is 0.159 e. The van der Waals surface area contributed by atoms with E-state index in [2.05, 4.69) is 15.3 Å². The van der Waals surface area contributed by atoms with Crippen LogP contribution in [0.3, 0.4) is 0 Å². The van der Waals surface area contributed by atoms with Crippen molar-refractivity contribution in [3.8, 4) is 23.6 Å². The maximum Gasteiger partial charge on any atom is 0.159 e. The molecule has 0 aliphatic rings. The molecule has 128 valence electrons. The number of benzene rings is 1. The molecule has 2 aromatic rings. The molecule has 9 nitrogen and oxygen atoms in total. The summed E-state index contributed by atoms with van der Waals surface area (Å²) in [5.74, 6) is 1.85. The summed E-state index contributed by atoms with van der Waals surface area (Å²) in [6, 6.07) is 9.22. The summed E-state index contributed by atoms with van der Waals surface area (Å²) in [5.41, 5.74) is 6.96. The van der Waals surface area contributed by atoms with Gasteiger partial charge in [-0.3, -0.25) is 0 Å². The van der Waals surface area contributed by atoms with Crippen molar-refractivity contribution < 1.29 is 9.47 Å². The molecule has 0 spiro atoms. The number of aromatic nitrogens is 2. The van der Waals surface area contributed by atoms with Crippen molar-refractivity contribution >= 4 is 23.0 Å². The van der Waals surface area contributed by atoms with Crippen molar-refractivity contribution in [2.75, 3.05) is 43.3 Å². The van der Waals surface area contributed by atoms with E-state index in [9.17, 15) is 0 Å². The molecule has 1 aromatic heterocycles. The molecule has 0 aliphatic carbocycles. The average molecular weight is 339 g/mol. The van der Waals surface area contributed by atoms with Gasteiger partial charge in [-0.25, -0.2) is 9.97 Å². The van der Waals surface area contributed by atoms with E-state index >= 15 is 0 Å². The van der Waals surface area contributed by atoms with Crippen LogP contribution in [0.4, 0.5) is 23.0 Å². The molecule has 1 heterocycles.